The van der Waals surface area contributed by atoms with Crippen molar-refractivity contribution in [1.82, 2.24) is 10.1 Å². The molecule has 0 spiro atoms. The molecule has 4 rings (SSSR count). The number of aliphatic carboxylic acids is 1. The van der Waals surface area contributed by atoms with E-state index in [-0.39, 0.29) is 12.1 Å². The molecule has 7 nitrogen and oxygen atoms in total. The minimum Gasteiger partial charge on any atom is -0.489 e. The summed E-state index contributed by atoms with van der Waals surface area (Å²) in [6.45, 7) is 5.69. The summed E-state index contributed by atoms with van der Waals surface area (Å²) in [6, 6.07) is 13.2. The lowest BCUT2D eigenvalue weighted by atomic mass is 9.89. The molecule has 0 radical (unpaired) electrons. The second kappa shape index (κ2) is 8.82. The highest BCUT2D eigenvalue weighted by Gasteiger charge is 2.41. The standard InChI is InChI=1S/C24H26ClN3O4/c1-14(2)31-20-9-6-16(12-19(20)25)21-27-22(32-28-21)15-4-7-17(8-5-15)26-18-10-11-24(3,13-18)23(29)30/h4-9,12,14,18,26H,10-11,13H2,1-3H3,(H,29,30)/t18?,24-/m0/s1. The first-order chi connectivity index (χ1) is 15.2. The Morgan fingerprint density at radius 2 is 1.97 bits per heavy atom. The number of aromatic nitrogens is 2. The normalized spacial score (nSPS) is 20.5. The molecular weight excluding hydrogens is 430 g/mol. The lowest BCUT2D eigenvalue weighted by Gasteiger charge is -2.19. The highest BCUT2D eigenvalue weighted by Crippen LogP contribution is 2.39. The topological polar surface area (TPSA) is 97.5 Å². The van der Waals surface area contributed by atoms with Gasteiger partial charge in [-0.05, 0) is 82.5 Å². The van der Waals surface area contributed by atoms with Gasteiger partial charge in [-0.1, -0.05) is 16.8 Å². The predicted octanol–water partition coefficient (Wildman–Crippen LogP) is 5.90. The van der Waals surface area contributed by atoms with Crippen LogP contribution in [0.15, 0.2) is 47.0 Å². The van der Waals surface area contributed by atoms with Crippen LogP contribution in [0.2, 0.25) is 5.02 Å². The smallest absolute Gasteiger partial charge is 0.309 e. The van der Waals surface area contributed by atoms with Crippen LogP contribution in [-0.2, 0) is 4.79 Å². The number of ether oxygens (including phenoxy) is 1. The lowest BCUT2D eigenvalue weighted by molar-refractivity contribution is -0.147. The van der Waals surface area contributed by atoms with Crippen LogP contribution in [0.25, 0.3) is 22.8 Å². The highest BCUT2D eigenvalue weighted by molar-refractivity contribution is 6.32. The maximum atomic E-state index is 11.4. The van der Waals surface area contributed by atoms with Crippen LogP contribution in [0.1, 0.15) is 40.0 Å². The minimum absolute atomic E-state index is 0.0305. The van der Waals surface area contributed by atoms with E-state index in [0.29, 0.717) is 35.3 Å². The van der Waals surface area contributed by atoms with E-state index in [1.54, 1.807) is 12.1 Å². The molecule has 2 aromatic carbocycles. The second-order valence-corrected chi connectivity index (χ2v) is 9.17. The number of halogens is 1. The third-order valence-electron chi connectivity index (χ3n) is 5.74. The summed E-state index contributed by atoms with van der Waals surface area (Å²) in [4.78, 5) is 15.9. The van der Waals surface area contributed by atoms with Gasteiger partial charge in [-0.2, -0.15) is 4.98 Å². The number of carboxylic acids is 1. The van der Waals surface area contributed by atoms with E-state index in [4.69, 9.17) is 20.9 Å². The summed E-state index contributed by atoms with van der Waals surface area (Å²) in [7, 11) is 0. The van der Waals surface area contributed by atoms with Gasteiger partial charge in [0.2, 0.25) is 5.82 Å². The van der Waals surface area contributed by atoms with Crippen LogP contribution < -0.4 is 10.1 Å². The Kier molecular flexibility index (Phi) is 6.11. The fourth-order valence-corrected chi connectivity index (χ4v) is 4.18. The van der Waals surface area contributed by atoms with Crippen LogP contribution in [0.4, 0.5) is 5.69 Å². The Hall–Kier alpha value is -3.06. The van der Waals surface area contributed by atoms with Crippen molar-refractivity contribution < 1.29 is 19.2 Å². The van der Waals surface area contributed by atoms with E-state index in [9.17, 15) is 9.90 Å². The zero-order valence-electron chi connectivity index (χ0n) is 18.3. The molecule has 1 saturated carbocycles. The van der Waals surface area contributed by atoms with Crippen molar-refractivity contribution in [3.63, 3.8) is 0 Å². The molecule has 1 aromatic heterocycles. The number of hydrogen-bond donors (Lipinski definition) is 2. The van der Waals surface area contributed by atoms with Gasteiger partial charge < -0.3 is 19.7 Å². The molecule has 0 aliphatic heterocycles. The molecule has 1 aliphatic rings. The maximum Gasteiger partial charge on any atom is 0.309 e. The first-order valence-electron chi connectivity index (χ1n) is 10.6. The zero-order valence-corrected chi connectivity index (χ0v) is 19.0. The van der Waals surface area contributed by atoms with E-state index in [1.807, 2.05) is 51.1 Å². The van der Waals surface area contributed by atoms with Crippen LogP contribution >= 0.6 is 11.6 Å². The third kappa shape index (κ3) is 4.72. The summed E-state index contributed by atoms with van der Waals surface area (Å²) < 4.78 is 11.1. The van der Waals surface area contributed by atoms with Gasteiger partial charge in [0.05, 0.1) is 16.5 Å². The van der Waals surface area contributed by atoms with E-state index >= 15 is 0 Å². The Morgan fingerprint density at radius 3 is 2.59 bits per heavy atom. The van der Waals surface area contributed by atoms with Crippen LogP contribution in [0, 0.1) is 5.41 Å². The van der Waals surface area contributed by atoms with Crippen molar-refractivity contribution in [2.24, 2.45) is 5.41 Å². The van der Waals surface area contributed by atoms with Gasteiger partial charge in [0.15, 0.2) is 0 Å². The van der Waals surface area contributed by atoms with Crippen molar-refractivity contribution in [3.8, 4) is 28.6 Å². The summed E-state index contributed by atoms with van der Waals surface area (Å²) in [5.41, 5.74) is 1.81. The van der Waals surface area contributed by atoms with E-state index < -0.39 is 11.4 Å². The molecule has 1 unspecified atom stereocenters. The SMILES string of the molecule is CC(C)Oc1ccc(-c2noc(-c3ccc(NC4CC[C@](C)(C(=O)O)C4)cc3)n2)cc1Cl. The lowest BCUT2D eigenvalue weighted by Crippen LogP contribution is -2.26. The van der Waals surface area contributed by atoms with Crippen LogP contribution in [0.5, 0.6) is 5.75 Å². The first kappa shape index (κ1) is 22.1. The first-order valence-corrected chi connectivity index (χ1v) is 11.0. The fourth-order valence-electron chi connectivity index (χ4n) is 3.95. The number of benzene rings is 2. The molecule has 1 heterocycles. The Bertz CT molecular complexity index is 1110. The fraction of sp³-hybridized carbons (Fsp3) is 0.375. The van der Waals surface area contributed by atoms with Crippen molar-refractivity contribution in [3.05, 3.63) is 47.5 Å². The summed E-state index contributed by atoms with van der Waals surface area (Å²) in [5, 5.41) is 17.4. The number of nitrogens with zero attached hydrogens (tertiary/aromatic N) is 2. The molecule has 3 aromatic rings. The van der Waals surface area contributed by atoms with Gasteiger partial charge in [-0.3, -0.25) is 4.79 Å². The van der Waals surface area contributed by atoms with E-state index in [2.05, 4.69) is 15.5 Å². The van der Waals surface area contributed by atoms with Gasteiger partial charge in [0.1, 0.15) is 5.75 Å². The number of rotatable bonds is 7. The Labute approximate surface area is 191 Å². The third-order valence-corrected chi connectivity index (χ3v) is 6.03. The van der Waals surface area contributed by atoms with E-state index in [1.165, 1.54) is 0 Å². The van der Waals surface area contributed by atoms with E-state index in [0.717, 1.165) is 23.2 Å². The quantitative estimate of drug-likeness (QED) is 0.457. The largest absolute Gasteiger partial charge is 0.489 e. The Morgan fingerprint density at radius 1 is 1.25 bits per heavy atom. The molecule has 8 heteroatoms. The zero-order chi connectivity index (χ0) is 22.9. The monoisotopic (exact) mass is 455 g/mol. The second-order valence-electron chi connectivity index (χ2n) is 8.76. The number of nitrogens with one attached hydrogen (secondary N) is 1. The van der Waals surface area contributed by atoms with Crippen LogP contribution in [-0.4, -0.2) is 33.4 Å². The highest BCUT2D eigenvalue weighted by atomic mass is 35.5. The minimum atomic E-state index is -0.729. The number of hydrogen-bond acceptors (Lipinski definition) is 6. The molecule has 0 saturated heterocycles. The molecular formula is C24H26ClN3O4. The van der Waals surface area contributed by atoms with Crippen LogP contribution in [0.3, 0.4) is 0 Å². The number of carboxylic acid groups (broad SMARTS) is 1. The molecule has 32 heavy (non-hydrogen) atoms. The average Bonchev–Trinajstić information content (AvgIpc) is 3.38. The van der Waals surface area contributed by atoms with Gasteiger partial charge in [0.25, 0.3) is 5.89 Å². The molecule has 2 N–H and O–H groups in total. The molecule has 2 atom stereocenters. The molecule has 1 fully saturated rings. The average molecular weight is 456 g/mol. The molecule has 0 amide bonds. The molecule has 1 aliphatic carbocycles. The predicted molar refractivity (Wildman–Crippen MR) is 123 cm³/mol. The number of carbonyl (C=O) groups is 1. The summed E-state index contributed by atoms with van der Waals surface area (Å²) in [6.07, 6.45) is 2.15. The van der Waals surface area contributed by atoms with Gasteiger partial charge in [-0.25, -0.2) is 0 Å². The Balaban J connectivity index is 1.44. The number of anilines is 1. The van der Waals surface area contributed by atoms with Gasteiger partial charge >= 0.3 is 5.97 Å². The summed E-state index contributed by atoms with van der Waals surface area (Å²) in [5.74, 6) is 0.736. The van der Waals surface area contributed by atoms with Crippen molar-refractivity contribution in [2.75, 3.05) is 5.32 Å². The maximum absolute atomic E-state index is 11.4. The summed E-state index contributed by atoms with van der Waals surface area (Å²) >= 11 is 6.32. The van der Waals surface area contributed by atoms with Gasteiger partial charge in [-0.15, -0.1) is 0 Å². The van der Waals surface area contributed by atoms with Crippen molar-refractivity contribution >= 4 is 23.3 Å². The molecule has 168 valence electrons. The van der Waals surface area contributed by atoms with Gasteiger partial charge in [0, 0.05) is 22.9 Å². The van der Waals surface area contributed by atoms with Crippen molar-refractivity contribution in [1.29, 1.82) is 0 Å². The van der Waals surface area contributed by atoms with Crippen molar-refractivity contribution in [2.45, 2.75) is 52.2 Å². The molecule has 0 bridgehead atoms.